The van der Waals surface area contributed by atoms with Gasteiger partial charge in [0.1, 0.15) is 0 Å². The van der Waals surface area contributed by atoms with Crippen LogP contribution in [0.4, 0.5) is 0 Å². The first-order valence-corrected chi connectivity index (χ1v) is 5.64. The third kappa shape index (κ3) is 5.19. The van der Waals surface area contributed by atoms with Gasteiger partial charge in [0.15, 0.2) is 0 Å². The summed E-state index contributed by atoms with van der Waals surface area (Å²) in [6, 6.07) is 9.49. The molecule has 2 N–H and O–H groups in total. The van der Waals surface area contributed by atoms with Crippen molar-refractivity contribution < 1.29 is 9.90 Å². The third-order valence-electron chi connectivity index (χ3n) is 2.41. The van der Waals surface area contributed by atoms with Crippen LogP contribution in [0.2, 0.25) is 0 Å². The highest BCUT2D eigenvalue weighted by atomic mass is 16.3. The number of rotatable bonds is 6. The number of aliphatic hydroxyl groups excluding tert-OH is 1. The Hall–Kier alpha value is -1.79. The van der Waals surface area contributed by atoms with Crippen molar-refractivity contribution in [2.75, 3.05) is 6.61 Å². The standard InChI is InChI=1S/C14H17NO2/c1-2-3-9-14(17)15-13(11-16)10-12-7-5-4-6-8-12/h1,4-8,13,16H,3,9-11H2,(H,15,17)/t13-/m1/s1. The number of carbonyl (C=O) groups excluding carboxylic acids is 1. The summed E-state index contributed by atoms with van der Waals surface area (Å²) in [7, 11) is 0. The van der Waals surface area contributed by atoms with Crippen molar-refractivity contribution in [3.8, 4) is 12.3 Å². The highest BCUT2D eigenvalue weighted by Crippen LogP contribution is 2.03. The molecule has 1 atom stereocenters. The molecule has 0 saturated heterocycles. The Balaban J connectivity index is 2.44. The minimum atomic E-state index is -0.248. The van der Waals surface area contributed by atoms with Crippen LogP contribution in [0.3, 0.4) is 0 Å². The lowest BCUT2D eigenvalue weighted by molar-refractivity contribution is -0.122. The van der Waals surface area contributed by atoms with Gasteiger partial charge in [-0.15, -0.1) is 12.3 Å². The summed E-state index contributed by atoms with van der Waals surface area (Å²) in [6.07, 6.45) is 6.44. The van der Waals surface area contributed by atoms with Gasteiger partial charge in [0.25, 0.3) is 0 Å². The average Bonchev–Trinajstić information content (AvgIpc) is 2.36. The molecule has 0 saturated carbocycles. The smallest absolute Gasteiger partial charge is 0.221 e. The van der Waals surface area contributed by atoms with Gasteiger partial charge in [-0.1, -0.05) is 30.3 Å². The molecule has 17 heavy (non-hydrogen) atoms. The molecule has 0 radical (unpaired) electrons. The van der Waals surface area contributed by atoms with Crippen LogP contribution in [0.5, 0.6) is 0 Å². The van der Waals surface area contributed by atoms with E-state index in [2.05, 4.69) is 11.2 Å². The highest BCUT2D eigenvalue weighted by Gasteiger charge is 2.11. The summed E-state index contributed by atoms with van der Waals surface area (Å²) < 4.78 is 0. The lowest BCUT2D eigenvalue weighted by Gasteiger charge is -2.16. The third-order valence-corrected chi connectivity index (χ3v) is 2.41. The second kappa shape index (κ2) is 7.48. The fraction of sp³-hybridized carbons (Fsp3) is 0.357. The van der Waals surface area contributed by atoms with Crippen LogP contribution >= 0.6 is 0 Å². The van der Waals surface area contributed by atoms with E-state index in [9.17, 15) is 9.90 Å². The van der Waals surface area contributed by atoms with E-state index in [1.165, 1.54) is 0 Å². The molecule has 1 rings (SSSR count). The van der Waals surface area contributed by atoms with Crippen LogP contribution in [-0.4, -0.2) is 23.7 Å². The molecule has 90 valence electrons. The zero-order valence-electron chi connectivity index (χ0n) is 9.73. The number of hydrogen-bond acceptors (Lipinski definition) is 2. The molecule has 0 heterocycles. The van der Waals surface area contributed by atoms with Crippen LogP contribution in [0.1, 0.15) is 18.4 Å². The first-order valence-electron chi connectivity index (χ1n) is 5.64. The van der Waals surface area contributed by atoms with Crippen molar-refractivity contribution in [1.29, 1.82) is 0 Å². The number of benzene rings is 1. The minimum absolute atomic E-state index is 0.0727. The van der Waals surface area contributed by atoms with Crippen LogP contribution in [0.25, 0.3) is 0 Å². The SMILES string of the molecule is C#CCCC(=O)N[C@@H](CO)Cc1ccccc1. The molecule has 0 aliphatic heterocycles. The second-order valence-corrected chi connectivity index (χ2v) is 3.84. The van der Waals surface area contributed by atoms with Crippen molar-refractivity contribution in [2.45, 2.75) is 25.3 Å². The maximum atomic E-state index is 11.4. The van der Waals surface area contributed by atoms with Gasteiger partial charge in [-0.3, -0.25) is 4.79 Å². The summed E-state index contributed by atoms with van der Waals surface area (Å²) in [5, 5.41) is 12.0. The normalized spacial score (nSPS) is 11.5. The summed E-state index contributed by atoms with van der Waals surface area (Å²) in [4.78, 5) is 11.4. The second-order valence-electron chi connectivity index (χ2n) is 3.84. The van der Waals surface area contributed by atoms with E-state index in [-0.39, 0.29) is 18.6 Å². The van der Waals surface area contributed by atoms with Crippen molar-refractivity contribution in [3.63, 3.8) is 0 Å². The fourth-order valence-electron chi connectivity index (χ4n) is 1.55. The van der Waals surface area contributed by atoms with Gasteiger partial charge in [-0.25, -0.2) is 0 Å². The molecule has 0 spiro atoms. The molecule has 1 aromatic carbocycles. The molecule has 0 bridgehead atoms. The Morgan fingerprint density at radius 2 is 2.12 bits per heavy atom. The van der Waals surface area contributed by atoms with E-state index in [0.717, 1.165) is 5.56 Å². The quantitative estimate of drug-likeness (QED) is 0.721. The Morgan fingerprint density at radius 3 is 2.71 bits per heavy atom. The maximum absolute atomic E-state index is 11.4. The maximum Gasteiger partial charge on any atom is 0.221 e. The van der Waals surface area contributed by atoms with Gasteiger partial charge in [0.2, 0.25) is 5.91 Å². The minimum Gasteiger partial charge on any atom is -0.394 e. The molecule has 0 aromatic heterocycles. The van der Waals surface area contributed by atoms with Crippen molar-refractivity contribution in [3.05, 3.63) is 35.9 Å². The summed E-state index contributed by atoms with van der Waals surface area (Å²) in [5.74, 6) is 2.30. The zero-order valence-corrected chi connectivity index (χ0v) is 9.73. The Morgan fingerprint density at radius 1 is 1.41 bits per heavy atom. The summed E-state index contributed by atoms with van der Waals surface area (Å²) >= 11 is 0. The Kier molecular flexibility index (Phi) is 5.84. The van der Waals surface area contributed by atoms with E-state index in [1.807, 2.05) is 30.3 Å². The number of hydrogen-bond donors (Lipinski definition) is 2. The number of terminal acetylenes is 1. The average molecular weight is 231 g/mol. The summed E-state index contributed by atoms with van der Waals surface area (Å²) in [5.41, 5.74) is 1.09. The predicted octanol–water partition coefficient (Wildman–Crippen LogP) is 1.12. The van der Waals surface area contributed by atoms with Crippen LogP contribution in [0.15, 0.2) is 30.3 Å². The first kappa shape index (κ1) is 13.3. The van der Waals surface area contributed by atoms with Gasteiger partial charge < -0.3 is 10.4 Å². The van der Waals surface area contributed by atoms with Gasteiger partial charge in [-0.05, 0) is 12.0 Å². The molecule has 0 aliphatic carbocycles. The van der Waals surface area contributed by atoms with Crippen LogP contribution in [-0.2, 0) is 11.2 Å². The van der Waals surface area contributed by atoms with Gasteiger partial charge in [0, 0.05) is 12.8 Å². The first-order chi connectivity index (χ1) is 8.26. The van der Waals surface area contributed by atoms with E-state index in [4.69, 9.17) is 6.42 Å². The molecule has 3 nitrogen and oxygen atoms in total. The molecule has 3 heteroatoms. The topological polar surface area (TPSA) is 49.3 Å². The number of nitrogens with one attached hydrogen (secondary N) is 1. The molecule has 1 amide bonds. The van der Waals surface area contributed by atoms with E-state index < -0.39 is 0 Å². The zero-order chi connectivity index (χ0) is 12.5. The Bertz CT molecular complexity index is 381. The lowest BCUT2D eigenvalue weighted by Crippen LogP contribution is -2.38. The van der Waals surface area contributed by atoms with E-state index in [1.54, 1.807) is 0 Å². The predicted molar refractivity (Wildman–Crippen MR) is 67.2 cm³/mol. The van der Waals surface area contributed by atoms with Gasteiger partial charge in [-0.2, -0.15) is 0 Å². The fourth-order valence-corrected chi connectivity index (χ4v) is 1.55. The van der Waals surface area contributed by atoms with Crippen LogP contribution < -0.4 is 5.32 Å². The Labute approximate surface area is 102 Å². The van der Waals surface area contributed by atoms with E-state index in [0.29, 0.717) is 19.3 Å². The molecule has 0 fully saturated rings. The molecule has 1 aromatic rings. The monoisotopic (exact) mass is 231 g/mol. The van der Waals surface area contributed by atoms with Crippen molar-refractivity contribution in [2.24, 2.45) is 0 Å². The van der Waals surface area contributed by atoms with Crippen molar-refractivity contribution >= 4 is 5.91 Å². The van der Waals surface area contributed by atoms with E-state index >= 15 is 0 Å². The molecule has 0 unspecified atom stereocenters. The number of amides is 1. The number of carbonyl (C=O) groups is 1. The largest absolute Gasteiger partial charge is 0.394 e. The molecular weight excluding hydrogens is 214 g/mol. The molecule has 0 aliphatic rings. The highest BCUT2D eigenvalue weighted by molar-refractivity contribution is 5.76. The van der Waals surface area contributed by atoms with Crippen molar-refractivity contribution in [1.82, 2.24) is 5.32 Å². The molecular formula is C14H17NO2. The lowest BCUT2D eigenvalue weighted by atomic mass is 10.1. The van der Waals surface area contributed by atoms with Crippen LogP contribution in [0, 0.1) is 12.3 Å². The van der Waals surface area contributed by atoms with Gasteiger partial charge in [0.05, 0.1) is 12.6 Å². The number of aliphatic hydroxyl groups is 1. The van der Waals surface area contributed by atoms with Gasteiger partial charge >= 0.3 is 0 Å². The summed E-state index contributed by atoms with van der Waals surface area (Å²) in [6.45, 7) is -0.0727.